The molecular formula is C13H11FN2O3. The van der Waals surface area contributed by atoms with Crippen molar-refractivity contribution in [2.24, 2.45) is 0 Å². The Morgan fingerprint density at radius 1 is 1.42 bits per heavy atom. The van der Waals surface area contributed by atoms with Crippen LogP contribution in [-0.2, 0) is 6.54 Å². The van der Waals surface area contributed by atoms with E-state index in [2.05, 4.69) is 11.6 Å². The second kappa shape index (κ2) is 4.93. The largest absolute Gasteiger partial charge is 0.494 e. The van der Waals surface area contributed by atoms with E-state index in [0.29, 0.717) is 0 Å². The van der Waals surface area contributed by atoms with Crippen molar-refractivity contribution in [2.75, 3.05) is 0 Å². The summed E-state index contributed by atoms with van der Waals surface area (Å²) in [4.78, 5) is 25.4. The topological polar surface area (TPSA) is 75.1 Å². The van der Waals surface area contributed by atoms with Gasteiger partial charge in [0.15, 0.2) is 0 Å². The number of nitrogens with one attached hydrogen (secondary N) is 1. The monoisotopic (exact) mass is 262 g/mol. The molecular weight excluding hydrogens is 251 g/mol. The molecule has 1 aromatic heterocycles. The second-order valence-electron chi connectivity index (χ2n) is 3.87. The van der Waals surface area contributed by atoms with Crippen LogP contribution in [0.1, 0.15) is 0 Å². The maximum absolute atomic E-state index is 13.2. The fourth-order valence-corrected chi connectivity index (χ4v) is 1.76. The highest BCUT2D eigenvalue weighted by molar-refractivity contribution is 5.67. The number of aromatic hydroxyl groups is 1. The maximum atomic E-state index is 13.2. The molecule has 19 heavy (non-hydrogen) atoms. The Bertz CT molecular complexity index is 746. The van der Waals surface area contributed by atoms with Crippen molar-refractivity contribution in [2.45, 2.75) is 6.54 Å². The van der Waals surface area contributed by atoms with E-state index in [1.807, 2.05) is 0 Å². The Balaban J connectivity index is 2.77. The molecule has 2 N–H and O–H groups in total. The molecule has 0 spiro atoms. The smallest absolute Gasteiger partial charge is 0.331 e. The predicted octanol–water partition coefficient (Wildman–Crippen LogP) is 1.23. The minimum Gasteiger partial charge on any atom is -0.494 e. The highest BCUT2D eigenvalue weighted by Gasteiger charge is 2.15. The van der Waals surface area contributed by atoms with Gasteiger partial charge in [0.05, 0.1) is 0 Å². The normalized spacial score (nSPS) is 10.4. The number of H-pyrrole nitrogens is 1. The third-order valence-corrected chi connectivity index (χ3v) is 2.60. The molecule has 1 aromatic carbocycles. The summed E-state index contributed by atoms with van der Waals surface area (Å²) in [5.41, 5.74) is -1.48. The first kappa shape index (κ1) is 12.8. The van der Waals surface area contributed by atoms with Gasteiger partial charge in [0.25, 0.3) is 5.56 Å². The number of aromatic amines is 1. The van der Waals surface area contributed by atoms with Gasteiger partial charge in [0, 0.05) is 6.54 Å². The van der Waals surface area contributed by atoms with Crippen molar-refractivity contribution >= 4 is 0 Å². The number of nitrogens with zero attached hydrogens (tertiary/aromatic N) is 1. The molecule has 0 radical (unpaired) electrons. The summed E-state index contributed by atoms with van der Waals surface area (Å²) >= 11 is 0. The molecule has 0 amide bonds. The van der Waals surface area contributed by atoms with Crippen LogP contribution in [0.15, 0.2) is 46.5 Å². The lowest BCUT2D eigenvalue weighted by molar-refractivity contribution is 0.413. The molecule has 98 valence electrons. The van der Waals surface area contributed by atoms with Gasteiger partial charge in [-0.25, -0.2) is 9.18 Å². The van der Waals surface area contributed by atoms with E-state index in [-0.39, 0.29) is 17.7 Å². The summed E-state index contributed by atoms with van der Waals surface area (Å²) in [5, 5.41) is 10.00. The summed E-state index contributed by atoms with van der Waals surface area (Å²) in [7, 11) is 0. The number of rotatable bonds is 3. The third-order valence-electron chi connectivity index (χ3n) is 2.60. The lowest BCUT2D eigenvalue weighted by atomic mass is 10.1. The number of hydrogen-bond donors (Lipinski definition) is 2. The molecule has 0 fully saturated rings. The van der Waals surface area contributed by atoms with Crippen molar-refractivity contribution in [3.8, 4) is 17.0 Å². The third kappa shape index (κ3) is 2.33. The van der Waals surface area contributed by atoms with E-state index in [0.717, 1.165) is 10.6 Å². The molecule has 0 unspecified atom stereocenters. The van der Waals surface area contributed by atoms with Crippen molar-refractivity contribution in [3.05, 3.63) is 63.6 Å². The van der Waals surface area contributed by atoms with Crippen LogP contribution in [0.25, 0.3) is 11.1 Å². The average molecular weight is 262 g/mol. The van der Waals surface area contributed by atoms with E-state index >= 15 is 0 Å². The van der Waals surface area contributed by atoms with E-state index in [1.54, 1.807) is 0 Å². The van der Waals surface area contributed by atoms with Crippen LogP contribution in [-0.4, -0.2) is 14.7 Å². The van der Waals surface area contributed by atoms with Gasteiger partial charge < -0.3 is 5.11 Å². The number of hydrogen-bond acceptors (Lipinski definition) is 3. The fraction of sp³-hybridized carbons (Fsp3) is 0.0769. The number of benzene rings is 1. The fourth-order valence-electron chi connectivity index (χ4n) is 1.76. The van der Waals surface area contributed by atoms with E-state index < -0.39 is 22.9 Å². The lowest BCUT2D eigenvalue weighted by Crippen LogP contribution is -2.30. The molecule has 0 aliphatic rings. The number of aromatic nitrogens is 2. The SMILES string of the molecule is C=CCn1c(O)c(-c2cccc(F)c2)c(=O)[nH]c1=O. The van der Waals surface area contributed by atoms with Crippen LogP contribution >= 0.6 is 0 Å². The Hall–Kier alpha value is -2.63. The van der Waals surface area contributed by atoms with Crippen LogP contribution in [0, 0.1) is 5.82 Å². The van der Waals surface area contributed by atoms with Crippen molar-refractivity contribution in [3.63, 3.8) is 0 Å². The van der Waals surface area contributed by atoms with Gasteiger partial charge in [0.2, 0.25) is 5.88 Å². The van der Waals surface area contributed by atoms with E-state index in [4.69, 9.17) is 0 Å². The molecule has 2 rings (SSSR count). The molecule has 0 saturated carbocycles. The van der Waals surface area contributed by atoms with Crippen LogP contribution in [0.4, 0.5) is 4.39 Å². The van der Waals surface area contributed by atoms with Gasteiger partial charge >= 0.3 is 5.69 Å². The summed E-state index contributed by atoms with van der Waals surface area (Å²) in [6.07, 6.45) is 1.40. The van der Waals surface area contributed by atoms with E-state index in [1.165, 1.54) is 24.3 Å². The average Bonchev–Trinajstić information content (AvgIpc) is 2.34. The zero-order valence-corrected chi connectivity index (χ0v) is 9.89. The molecule has 0 atom stereocenters. The van der Waals surface area contributed by atoms with Crippen LogP contribution in [0.2, 0.25) is 0 Å². The number of allylic oxidation sites excluding steroid dienone is 1. The molecule has 2 aromatic rings. The van der Waals surface area contributed by atoms with Crippen LogP contribution in [0.5, 0.6) is 5.88 Å². The summed E-state index contributed by atoms with van der Waals surface area (Å²) in [6.45, 7) is 3.49. The summed E-state index contributed by atoms with van der Waals surface area (Å²) in [5.74, 6) is -1.06. The Morgan fingerprint density at radius 2 is 2.16 bits per heavy atom. The van der Waals surface area contributed by atoms with Gasteiger partial charge in [-0.2, -0.15) is 0 Å². The first-order valence-electron chi connectivity index (χ1n) is 5.47. The first-order valence-corrected chi connectivity index (χ1v) is 5.47. The predicted molar refractivity (Wildman–Crippen MR) is 68.6 cm³/mol. The van der Waals surface area contributed by atoms with Crippen LogP contribution in [0.3, 0.4) is 0 Å². The zero-order chi connectivity index (χ0) is 14.0. The van der Waals surface area contributed by atoms with Crippen molar-refractivity contribution in [1.29, 1.82) is 0 Å². The molecule has 6 heteroatoms. The van der Waals surface area contributed by atoms with Gasteiger partial charge in [-0.3, -0.25) is 14.3 Å². The highest BCUT2D eigenvalue weighted by Crippen LogP contribution is 2.24. The molecule has 5 nitrogen and oxygen atoms in total. The van der Waals surface area contributed by atoms with Crippen molar-refractivity contribution < 1.29 is 9.50 Å². The Morgan fingerprint density at radius 3 is 2.79 bits per heavy atom. The van der Waals surface area contributed by atoms with Crippen LogP contribution < -0.4 is 11.2 Å². The quantitative estimate of drug-likeness (QED) is 0.817. The zero-order valence-electron chi connectivity index (χ0n) is 9.89. The summed E-state index contributed by atoms with van der Waals surface area (Å²) < 4.78 is 14.1. The highest BCUT2D eigenvalue weighted by atomic mass is 19.1. The van der Waals surface area contributed by atoms with Gasteiger partial charge in [-0.05, 0) is 17.7 Å². The molecule has 1 heterocycles. The molecule has 0 saturated heterocycles. The van der Waals surface area contributed by atoms with Gasteiger partial charge in [-0.15, -0.1) is 6.58 Å². The Labute approximate surface area is 107 Å². The maximum Gasteiger partial charge on any atom is 0.331 e. The standard InChI is InChI=1S/C13H11FN2O3/c1-2-6-16-12(18)10(11(17)15-13(16)19)8-4-3-5-9(14)7-8/h2-5,7,18H,1,6H2,(H,15,17,19). The second-order valence-corrected chi connectivity index (χ2v) is 3.87. The summed E-state index contributed by atoms with van der Waals surface area (Å²) in [6, 6.07) is 5.20. The minimum atomic E-state index is -0.770. The molecule has 0 aliphatic heterocycles. The number of halogens is 1. The van der Waals surface area contributed by atoms with E-state index in [9.17, 15) is 19.1 Å². The Kier molecular flexibility index (Phi) is 3.33. The van der Waals surface area contributed by atoms with Gasteiger partial charge in [-0.1, -0.05) is 18.2 Å². The first-order chi connectivity index (χ1) is 9.04. The minimum absolute atomic E-state index is 0.0315. The molecule has 0 aliphatic carbocycles. The van der Waals surface area contributed by atoms with Gasteiger partial charge in [0.1, 0.15) is 11.4 Å². The molecule has 0 bridgehead atoms. The lowest BCUT2D eigenvalue weighted by Gasteiger charge is -2.09. The van der Waals surface area contributed by atoms with Crippen molar-refractivity contribution in [1.82, 2.24) is 9.55 Å².